The molecule has 5 heteroatoms. The predicted molar refractivity (Wildman–Crippen MR) is 83.8 cm³/mol. The van der Waals surface area contributed by atoms with Crippen LogP contribution in [-0.4, -0.2) is 29.1 Å². The molecule has 1 aromatic heterocycles. The molecule has 1 atom stereocenters. The minimum Gasteiger partial charge on any atom is -0.375 e. The fourth-order valence-corrected chi connectivity index (χ4v) is 2.92. The first-order valence-electron chi connectivity index (χ1n) is 7.51. The van der Waals surface area contributed by atoms with Crippen LogP contribution in [-0.2, 0) is 11.2 Å². The molecule has 1 fully saturated rings. The van der Waals surface area contributed by atoms with Crippen molar-refractivity contribution in [1.29, 1.82) is 0 Å². The van der Waals surface area contributed by atoms with Gasteiger partial charge in [-0.2, -0.15) is 0 Å². The number of nitrogens with zero attached hydrogens (tertiary/aromatic N) is 1. The van der Waals surface area contributed by atoms with Crippen LogP contribution in [0.5, 0.6) is 0 Å². The molecular weight excluding hydrogens is 288 g/mol. The number of nitrogens with one attached hydrogen (secondary N) is 1. The van der Waals surface area contributed by atoms with Gasteiger partial charge in [0.1, 0.15) is 5.15 Å². The van der Waals surface area contributed by atoms with E-state index < -0.39 is 0 Å². The molecule has 1 aliphatic heterocycles. The number of halogens is 1. The number of aryl methyl sites for hydroxylation is 1. The molecule has 1 aliphatic rings. The van der Waals surface area contributed by atoms with Gasteiger partial charge >= 0.3 is 0 Å². The molecule has 0 spiro atoms. The van der Waals surface area contributed by atoms with E-state index in [1.165, 1.54) is 0 Å². The number of carbonyl (C=O) groups is 1. The quantitative estimate of drug-likeness (QED) is 0.867. The summed E-state index contributed by atoms with van der Waals surface area (Å²) >= 11 is 6.01. The van der Waals surface area contributed by atoms with Crippen molar-refractivity contribution in [3.05, 3.63) is 28.5 Å². The van der Waals surface area contributed by atoms with E-state index in [0.29, 0.717) is 17.3 Å². The van der Waals surface area contributed by atoms with Crippen LogP contribution >= 0.6 is 11.6 Å². The lowest BCUT2D eigenvalue weighted by Gasteiger charge is -2.35. The Morgan fingerprint density at radius 1 is 1.52 bits per heavy atom. The Hall–Kier alpha value is -1.13. The molecule has 1 N–H and O–H groups in total. The summed E-state index contributed by atoms with van der Waals surface area (Å²) in [5.41, 5.74) is 1.27. The molecule has 116 valence electrons. The van der Waals surface area contributed by atoms with Gasteiger partial charge in [0.05, 0.1) is 5.60 Å². The van der Waals surface area contributed by atoms with Gasteiger partial charge in [0.15, 0.2) is 0 Å². The fourth-order valence-electron chi connectivity index (χ4n) is 2.69. The summed E-state index contributed by atoms with van der Waals surface area (Å²) in [6.45, 7) is 6.85. The van der Waals surface area contributed by atoms with Crippen LogP contribution in [0.3, 0.4) is 0 Å². The van der Waals surface area contributed by atoms with Crippen LogP contribution in [0.4, 0.5) is 0 Å². The van der Waals surface area contributed by atoms with Gasteiger partial charge < -0.3 is 10.1 Å². The fraction of sp³-hybridized carbons (Fsp3) is 0.625. The first-order chi connectivity index (χ1) is 9.89. The van der Waals surface area contributed by atoms with Crippen LogP contribution in [0.15, 0.2) is 12.1 Å². The third-order valence-corrected chi connectivity index (χ3v) is 3.84. The van der Waals surface area contributed by atoms with Crippen molar-refractivity contribution < 1.29 is 9.53 Å². The van der Waals surface area contributed by atoms with Gasteiger partial charge in [0.25, 0.3) is 5.91 Å². The Kier molecular flexibility index (Phi) is 5.22. The lowest BCUT2D eigenvalue weighted by molar-refractivity contribution is -0.0615. The molecule has 1 saturated heterocycles. The second-order valence-electron chi connectivity index (χ2n) is 6.19. The van der Waals surface area contributed by atoms with E-state index in [-0.39, 0.29) is 17.6 Å². The first-order valence-corrected chi connectivity index (χ1v) is 7.89. The van der Waals surface area contributed by atoms with Crippen LogP contribution in [0.2, 0.25) is 5.15 Å². The van der Waals surface area contributed by atoms with Crippen LogP contribution < -0.4 is 5.32 Å². The van der Waals surface area contributed by atoms with Crippen molar-refractivity contribution >= 4 is 17.5 Å². The van der Waals surface area contributed by atoms with E-state index in [2.05, 4.69) is 17.2 Å². The standard InChI is InChI=1S/C16H23ClN2O2/c1-4-5-12-8-11(9-14(17)18-12)15(20)19-13-6-7-21-16(2,3)10-13/h8-9,13H,4-7,10H2,1-3H3,(H,19,20). The molecule has 21 heavy (non-hydrogen) atoms. The van der Waals surface area contributed by atoms with Gasteiger partial charge in [-0.05, 0) is 45.2 Å². The average molecular weight is 311 g/mol. The van der Waals surface area contributed by atoms with Crippen LogP contribution in [0.1, 0.15) is 56.1 Å². The van der Waals surface area contributed by atoms with Gasteiger partial charge in [-0.1, -0.05) is 24.9 Å². The summed E-state index contributed by atoms with van der Waals surface area (Å²) in [5, 5.41) is 3.46. The highest BCUT2D eigenvalue weighted by Crippen LogP contribution is 2.24. The number of aromatic nitrogens is 1. The number of hydrogen-bond acceptors (Lipinski definition) is 3. The van der Waals surface area contributed by atoms with E-state index in [1.54, 1.807) is 6.07 Å². The second kappa shape index (κ2) is 6.75. The van der Waals surface area contributed by atoms with Gasteiger partial charge in [-0.15, -0.1) is 0 Å². The summed E-state index contributed by atoms with van der Waals surface area (Å²) in [6.07, 6.45) is 3.46. The highest BCUT2D eigenvalue weighted by Gasteiger charge is 2.29. The Balaban J connectivity index is 2.06. The number of hydrogen-bond donors (Lipinski definition) is 1. The zero-order valence-electron chi connectivity index (χ0n) is 12.9. The number of ether oxygens (including phenoxy) is 1. The third-order valence-electron chi connectivity index (χ3n) is 3.65. The van der Waals surface area contributed by atoms with Crippen LogP contribution in [0.25, 0.3) is 0 Å². The number of carbonyl (C=O) groups excluding carboxylic acids is 1. The second-order valence-corrected chi connectivity index (χ2v) is 6.58. The Bertz CT molecular complexity index is 517. The number of rotatable bonds is 4. The van der Waals surface area contributed by atoms with E-state index in [0.717, 1.165) is 31.4 Å². The smallest absolute Gasteiger partial charge is 0.251 e. The molecule has 0 radical (unpaired) electrons. The average Bonchev–Trinajstić information content (AvgIpc) is 2.37. The SMILES string of the molecule is CCCc1cc(C(=O)NC2CCOC(C)(C)C2)cc(Cl)n1. The molecule has 2 heterocycles. The number of amides is 1. The topological polar surface area (TPSA) is 51.2 Å². The largest absolute Gasteiger partial charge is 0.375 e. The molecule has 0 saturated carbocycles. The maximum absolute atomic E-state index is 12.4. The molecule has 0 aliphatic carbocycles. The Morgan fingerprint density at radius 2 is 2.29 bits per heavy atom. The van der Waals surface area contributed by atoms with Gasteiger partial charge in [0, 0.05) is 23.9 Å². The lowest BCUT2D eigenvalue weighted by atomic mass is 9.94. The van der Waals surface area contributed by atoms with Crippen molar-refractivity contribution in [3.8, 4) is 0 Å². The van der Waals surface area contributed by atoms with E-state index >= 15 is 0 Å². The highest BCUT2D eigenvalue weighted by atomic mass is 35.5. The minimum absolute atomic E-state index is 0.0839. The predicted octanol–water partition coefficient (Wildman–Crippen LogP) is 3.37. The van der Waals surface area contributed by atoms with Crippen molar-refractivity contribution in [2.24, 2.45) is 0 Å². The zero-order valence-corrected chi connectivity index (χ0v) is 13.7. The highest BCUT2D eigenvalue weighted by molar-refractivity contribution is 6.29. The van der Waals surface area contributed by atoms with Gasteiger partial charge in [-0.3, -0.25) is 4.79 Å². The first kappa shape index (κ1) is 16.2. The van der Waals surface area contributed by atoms with E-state index in [1.807, 2.05) is 19.9 Å². The maximum Gasteiger partial charge on any atom is 0.251 e. The van der Waals surface area contributed by atoms with Crippen molar-refractivity contribution in [3.63, 3.8) is 0 Å². The van der Waals surface area contributed by atoms with Gasteiger partial charge in [-0.25, -0.2) is 4.98 Å². The Morgan fingerprint density at radius 3 is 2.95 bits per heavy atom. The zero-order chi connectivity index (χ0) is 15.5. The van der Waals surface area contributed by atoms with Crippen LogP contribution in [0, 0.1) is 0 Å². The van der Waals surface area contributed by atoms with E-state index in [9.17, 15) is 4.79 Å². The molecule has 1 amide bonds. The molecule has 4 nitrogen and oxygen atoms in total. The number of pyridine rings is 1. The molecular formula is C16H23ClN2O2. The summed E-state index contributed by atoms with van der Waals surface area (Å²) in [5.74, 6) is -0.0839. The van der Waals surface area contributed by atoms with Crippen molar-refractivity contribution in [2.45, 2.75) is 58.1 Å². The Labute approximate surface area is 131 Å². The summed E-state index contributed by atoms with van der Waals surface area (Å²) in [4.78, 5) is 16.6. The molecule has 0 aromatic carbocycles. The van der Waals surface area contributed by atoms with Gasteiger partial charge in [0.2, 0.25) is 0 Å². The normalized spacial score (nSPS) is 21.0. The molecule has 0 bridgehead atoms. The monoisotopic (exact) mass is 310 g/mol. The maximum atomic E-state index is 12.4. The van der Waals surface area contributed by atoms with E-state index in [4.69, 9.17) is 16.3 Å². The van der Waals surface area contributed by atoms with Crippen molar-refractivity contribution in [1.82, 2.24) is 10.3 Å². The molecule has 2 rings (SSSR count). The third kappa shape index (κ3) is 4.68. The summed E-state index contributed by atoms with van der Waals surface area (Å²) in [6, 6.07) is 3.60. The minimum atomic E-state index is -0.181. The summed E-state index contributed by atoms with van der Waals surface area (Å²) < 4.78 is 5.67. The molecule has 1 aromatic rings. The van der Waals surface area contributed by atoms with Crippen molar-refractivity contribution in [2.75, 3.05) is 6.61 Å². The molecule has 1 unspecified atom stereocenters. The lowest BCUT2D eigenvalue weighted by Crippen LogP contribution is -2.45. The summed E-state index contributed by atoms with van der Waals surface area (Å²) in [7, 11) is 0.